The second-order valence-electron chi connectivity index (χ2n) is 8.22. The molecule has 3 heterocycles. The number of piperazine rings is 1. The third-order valence-electron chi connectivity index (χ3n) is 6.17. The molecule has 6 nitrogen and oxygen atoms in total. The van der Waals surface area contributed by atoms with Crippen LogP contribution in [0.2, 0.25) is 0 Å². The van der Waals surface area contributed by atoms with Crippen LogP contribution in [0.3, 0.4) is 0 Å². The molecule has 2 bridgehead atoms. The molecule has 154 valence electrons. The summed E-state index contributed by atoms with van der Waals surface area (Å²) < 4.78 is 5.96. The van der Waals surface area contributed by atoms with Crippen molar-refractivity contribution >= 4 is 5.96 Å². The Balaban J connectivity index is 1.18. The van der Waals surface area contributed by atoms with Gasteiger partial charge >= 0.3 is 0 Å². The van der Waals surface area contributed by atoms with Gasteiger partial charge in [-0.3, -0.25) is 14.8 Å². The highest BCUT2D eigenvalue weighted by Gasteiger charge is 2.41. The Labute approximate surface area is 169 Å². The third-order valence-corrected chi connectivity index (χ3v) is 6.17. The number of nitrogens with one attached hydrogen (secondary N) is 2. The molecule has 3 saturated heterocycles. The summed E-state index contributed by atoms with van der Waals surface area (Å²) in [5, 5.41) is 7.01. The molecule has 3 unspecified atom stereocenters. The molecular formula is C22H35N5O. The molecule has 3 aliphatic rings. The van der Waals surface area contributed by atoms with Crippen LogP contribution in [0.4, 0.5) is 0 Å². The summed E-state index contributed by atoms with van der Waals surface area (Å²) in [6.45, 7) is 10.5. The van der Waals surface area contributed by atoms with Crippen molar-refractivity contribution in [2.45, 2.75) is 51.0 Å². The van der Waals surface area contributed by atoms with Crippen molar-refractivity contribution < 1.29 is 4.74 Å². The lowest BCUT2D eigenvalue weighted by Crippen LogP contribution is -2.48. The number of fused-ring (bicyclic) bond motifs is 2. The first-order valence-electron chi connectivity index (χ1n) is 11.0. The highest BCUT2D eigenvalue weighted by atomic mass is 16.5. The van der Waals surface area contributed by atoms with Gasteiger partial charge in [-0.2, -0.15) is 0 Å². The number of hydrogen-bond donors (Lipinski definition) is 2. The quantitative estimate of drug-likeness (QED) is 0.553. The summed E-state index contributed by atoms with van der Waals surface area (Å²) in [6, 6.07) is 11.2. The second-order valence-corrected chi connectivity index (χ2v) is 8.22. The van der Waals surface area contributed by atoms with Gasteiger partial charge in [0.1, 0.15) is 0 Å². The Morgan fingerprint density at radius 2 is 1.89 bits per heavy atom. The van der Waals surface area contributed by atoms with Crippen LogP contribution < -0.4 is 10.6 Å². The van der Waals surface area contributed by atoms with E-state index < -0.39 is 0 Å². The fourth-order valence-electron chi connectivity index (χ4n) is 4.60. The van der Waals surface area contributed by atoms with E-state index in [1.807, 2.05) is 0 Å². The van der Waals surface area contributed by atoms with Crippen molar-refractivity contribution in [3.63, 3.8) is 0 Å². The molecule has 3 aliphatic heterocycles. The number of hydrogen-bond acceptors (Lipinski definition) is 4. The van der Waals surface area contributed by atoms with Crippen molar-refractivity contribution in [3.8, 4) is 0 Å². The van der Waals surface area contributed by atoms with Crippen molar-refractivity contribution in [2.75, 3.05) is 45.8 Å². The van der Waals surface area contributed by atoms with Gasteiger partial charge in [-0.1, -0.05) is 30.3 Å². The summed E-state index contributed by atoms with van der Waals surface area (Å²) in [4.78, 5) is 9.91. The molecule has 2 N–H and O–H groups in total. The summed E-state index contributed by atoms with van der Waals surface area (Å²) in [5.41, 5.74) is 1.41. The number of benzene rings is 1. The number of guanidine groups is 1. The Hall–Kier alpha value is -1.63. The first-order chi connectivity index (χ1) is 13.8. The molecule has 1 aromatic rings. The first-order valence-corrected chi connectivity index (χ1v) is 11.0. The zero-order chi connectivity index (χ0) is 19.2. The average Bonchev–Trinajstić information content (AvgIpc) is 3.33. The van der Waals surface area contributed by atoms with Gasteiger partial charge in [0.25, 0.3) is 0 Å². The Bertz CT molecular complexity index is 629. The van der Waals surface area contributed by atoms with E-state index in [1.54, 1.807) is 0 Å². The van der Waals surface area contributed by atoms with E-state index in [1.165, 1.54) is 18.4 Å². The average molecular weight is 386 g/mol. The minimum Gasteiger partial charge on any atom is -0.373 e. The highest BCUT2D eigenvalue weighted by molar-refractivity contribution is 5.80. The van der Waals surface area contributed by atoms with Gasteiger partial charge in [0.2, 0.25) is 0 Å². The summed E-state index contributed by atoms with van der Waals surface area (Å²) in [5.74, 6) is 0.950. The summed E-state index contributed by atoms with van der Waals surface area (Å²) in [7, 11) is 0. The molecule has 4 rings (SSSR count). The molecule has 0 aromatic heterocycles. The fourth-order valence-corrected chi connectivity index (χ4v) is 4.60. The van der Waals surface area contributed by atoms with Crippen LogP contribution in [0, 0.1) is 0 Å². The smallest absolute Gasteiger partial charge is 0.191 e. The number of aliphatic imine (C=N–C) groups is 1. The largest absolute Gasteiger partial charge is 0.373 e. The van der Waals surface area contributed by atoms with Crippen LogP contribution in [0.15, 0.2) is 35.3 Å². The molecule has 0 radical (unpaired) electrons. The normalized spacial score (nSPS) is 28.6. The van der Waals surface area contributed by atoms with E-state index >= 15 is 0 Å². The molecule has 0 amide bonds. The second kappa shape index (κ2) is 9.72. The van der Waals surface area contributed by atoms with Crippen LogP contribution in [-0.2, 0) is 11.3 Å². The standard InChI is InChI=1S/C22H35N5O/c1-2-23-22(25-20-16-19-8-9-21(20)28-19)24-10-11-26-12-14-27(15-13-26)17-18-6-4-3-5-7-18/h3-7,19-21H,2,8-17H2,1H3,(H2,23,24,25). The number of rotatable bonds is 7. The molecule has 3 atom stereocenters. The SMILES string of the molecule is CCNC(=NCCN1CCN(Cc2ccccc2)CC1)NC1CC2CCC1O2. The number of ether oxygens (including phenoxy) is 1. The molecule has 0 aliphatic carbocycles. The minimum atomic E-state index is 0.381. The molecular weight excluding hydrogens is 350 g/mol. The zero-order valence-corrected chi connectivity index (χ0v) is 17.1. The third kappa shape index (κ3) is 5.25. The summed E-state index contributed by atoms with van der Waals surface area (Å²) in [6.07, 6.45) is 4.39. The van der Waals surface area contributed by atoms with Crippen molar-refractivity contribution in [1.82, 2.24) is 20.4 Å². The Morgan fingerprint density at radius 1 is 1.11 bits per heavy atom. The van der Waals surface area contributed by atoms with Crippen molar-refractivity contribution in [3.05, 3.63) is 35.9 Å². The van der Waals surface area contributed by atoms with Crippen molar-refractivity contribution in [1.29, 1.82) is 0 Å². The molecule has 0 spiro atoms. The lowest BCUT2D eigenvalue weighted by Gasteiger charge is -2.34. The van der Waals surface area contributed by atoms with Gasteiger partial charge < -0.3 is 15.4 Å². The molecule has 0 saturated carbocycles. The maximum atomic E-state index is 5.96. The Kier molecular flexibility index (Phi) is 6.83. The lowest BCUT2D eigenvalue weighted by molar-refractivity contribution is 0.0992. The van der Waals surface area contributed by atoms with Crippen LogP contribution in [0.5, 0.6) is 0 Å². The van der Waals surface area contributed by atoms with E-state index in [0.717, 1.165) is 64.7 Å². The first kappa shape index (κ1) is 19.7. The van der Waals surface area contributed by atoms with E-state index in [2.05, 4.69) is 57.7 Å². The topological polar surface area (TPSA) is 52.1 Å². The van der Waals surface area contributed by atoms with E-state index in [-0.39, 0.29) is 0 Å². The highest BCUT2D eigenvalue weighted by Crippen LogP contribution is 2.34. The minimum absolute atomic E-state index is 0.381. The van der Waals surface area contributed by atoms with Gasteiger partial charge in [-0.05, 0) is 31.7 Å². The van der Waals surface area contributed by atoms with E-state index in [4.69, 9.17) is 9.73 Å². The lowest BCUT2D eigenvalue weighted by atomic mass is 9.96. The molecule has 6 heteroatoms. The van der Waals surface area contributed by atoms with Gasteiger partial charge in [0, 0.05) is 45.8 Å². The van der Waals surface area contributed by atoms with Gasteiger partial charge in [0.15, 0.2) is 5.96 Å². The van der Waals surface area contributed by atoms with Crippen LogP contribution in [0.1, 0.15) is 31.7 Å². The Morgan fingerprint density at radius 3 is 2.57 bits per heavy atom. The summed E-state index contributed by atoms with van der Waals surface area (Å²) >= 11 is 0. The molecule has 1 aromatic carbocycles. The number of nitrogens with zero attached hydrogens (tertiary/aromatic N) is 3. The van der Waals surface area contributed by atoms with Crippen molar-refractivity contribution in [2.24, 2.45) is 4.99 Å². The van der Waals surface area contributed by atoms with E-state index in [0.29, 0.717) is 18.2 Å². The maximum absolute atomic E-state index is 5.96. The van der Waals surface area contributed by atoms with Crippen LogP contribution in [0.25, 0.3) is 0 Å². The predicted molar refractivity (Wildman–Crippen MR) is 114 cm³/mol. The predicted octanol–water partition coefficient (Wildman–Crippen LogP) is 1.68. The van der Waals surface area contributed by atoms with Gasteiger partial charge in [-0.25, -0.2) is 0 Å². The monoisotopic (exact) mass is 385 g/mol. The zero-order valence-electron chi connectivity index (χ0n) is 17.1. The molecule has 28 heavy (non-hydrogen) atoms. The van der Waals surface area contributed by atoms with Gasteiger partial charge in [0.05, 0.1) is 24.8 Å². The fraction of sp³-hybridized carbons (Fsp3) is 0.682. The van der Waals surface area contributed by atoms with E-state index in [9.17, 15) is 0 Å². The van der Waals surface area contributed by atoms with Crippen LogP contribution in [-0.4, -0.2) is 79.8 Å². The van der Waals surface area contributed by atoms with Gasteiger partial charge in [-0.15, -0.1) is 0 Å². The maximum Gasteiger partial charge on any atom is 0.191 e. The van der Waals surface area contributed by atoms with Crippen LogP contribution >= 0.6 is 0 Å². The molecule has 3 fully saturated rings.